The summed E-state index contributed by atoms with van der Waals surface area (Å²) in [6, 6.07) is 4.59. The van der Waals surface area contributed by atoms with Gasteiger partial charge in [-0.25, -0.2) is 4.79 Å². The number of carboxylic acid groups (broad SMARTS) is 1. The number of benzene rings is 1. The third-order valence-corrected chi connectivity index (χ3v) is 2.18. The van der Waals surface area contributed by atoms with E-state index < -0.39 is 18.5 Å². The van der Waals surface area contributed by atoms with Crippen LogP contribution >= 0.6 is 11.6 Å². The molecule has 5 nitrogen and oxygen atoms in total. The van der Waals surface area contributed by atoms with Crippen LogP contribution in [0.4, 0.5) is 10.5 Å². The van der Waals surface area contributed by atoms with E-state index in [0.717, 1.165) is 5.56 Å². The Balaban J connectivity index is 2.66. The highest BCUT2D eigenvalue weighted by Crippen LogP contribution is 2.24. The molecule has 1 aromatic carbocycles. The molecule has 0 aromatic heterocycles. The summed E-state index contributed by atoms with van der Waals surface area (Å²) in [5.74, 6) is -1.11. The van der Waals surface area contributed by atoms with Crippen molar-refractivity contribution in [2.24, 2.45) is 0 Å². The molecule has 0 spiro atoms. The molecule has 0 saturated heterocycles. The molecular formula is C10H11ClN2O3. The van der Waals surface area contributed by atoms with Gasteiger partial charge in [-0.2, -0.15) is 0 Å². The number of halogens is 1. The van der Waals surface area contributed by atoms with Crippen LogP contribution in [0.1, 0.15) is 5.56 Å². The molecule has 6 heteroatoms. The lowest BCUT2D eigenvalue weighted by molar-refractivity contribution is -0.135. The molecule has 86 valence electrons. The van der Waals surface area contributed by atoms with Crippen LogP contribution in [-0.4, -0.2) is 23.7 Å². The lowest BCUT2D eigenvalue weighted by Gasteiger charge is -2.10. The maximum absolute atomic E-state index is 11.3. The SMILES string of the molecule is Cc1cccc(Cl)c1NC(=O)NCC(=O)O. The Bertz CT molecular complexity index is 400. The Morgan fingerprint density at radius 3 is 2.69 bits per heavy atom. The molecule has 0 unspecified atom stereocenters. The fourth-order valence-electron chi connectivity index (χ4n) is 1.10. The van der Waals surface area contributed by atoms with Crippen molar-refractivity contribution in [3.05, 3.63) is 28.8 Å². The zero-order chi connectivity index (χ0) is 12.1. The summed E-state index contributed by atoms with van der Waals surface area (Å²) in [6.45, 7) is 1.36. The standard InChI is InChI=1S/C10H11ClN2O3/c1-6-3-2-4-7(11)9(6)13-10(16)12-5-8(14)15/h2-4H,5H2,1H3,(H,14,15)(H2,12,13,16). The first-order valence-electron chi connectivity index (χ1n) is 4.52. The summed E-state index contributed by atoms with van der Waals surface area (Å²) in [5.41, 5.74) is 1.28. The predicted molar refractivity (Wildman–Crippen MR) is 60.8 cm³/mol. The lowest BCUT2D eigenvalue weighted by atomic mass is 10.2. The van der Waals surface area contributed by atoms with Crippen LogP contribution in [0.5, 0.6) is 0 Å². The number of aliphatic carboxylic acids is 1. The maximum atomic E-state index is 11.3. The number of carbonyl (C=O) groups is 2. The van der Waals surface area contributed by atoms with Gasteiger partial charge in [-0.1, -0.05) is 23.7 Å². The number of hydrogen-bond acceptors (Lipinski definition) is 2. The molecule has 0 fully saturated rings. The van der Waals surface area contributed by atoms with Crippen LogP contribution in [0.15, 0.2) is 18.2 Å². The Kier molecular flexibility index (Phi) is 4.13. The molecule has 1 rings (SSSR count). The van der Waals surface area contributed by atoms with Crippen LogP contribution in [0.3, 0.4) is 0 Å². The zero-order valence-corrected chi connectivity index (χ0v) is 9.34. The van der Waals surface area contributed by atoms with Gasteiger partial charge in [0.15, 0.2) is 0 Å². The van der Waals surface area contributed by atoms with E-state index in [0.29, 0.717) is 10.7 Å². The quantitative estimate of drug-likeness (QED) is 0.757. The third-order valence-electron chi connectivity index (χ3n) is 1.86. The summed E-state index contributed by atoms with van der Waals surface area (Å²) >= 11 is 5.88. The number of carbonyl (C=O) groups excluding carboxylic acids is 1. The zero-order valence-electron chi connectivity index (χ0n) is 8.58. The van der Waals surface area contributed by atoms with Gasteiger partial charge in [-0.3, -0.25) is 4.79 Å². The van der Waals surface area contributed by atoms with Crippen molar-refractivity contribution >= 4 is 29.3 Å². The van der Waals surface area contributed by atoms with E-state index >= 15 is 0 Å². The molecule has 0 aliphatic rings. The van der Waals surface area contributed by atoms with Gasteiger partial charge in [0.1, 0.15) is 6.54 Å². The Hall–Kier alpha value is -1.75. The largest absolute Gasteiger partial charge is 0.480 e. The minimum absolute atomic E-state index is 0.408. The number of para-hydroxylation sites is 1. The van der Waals surface area contributed by atoms with Gasteiger partial charge >= 0.3 is 12.0 Å². The van der Waals surface area contributed by atoms with E-state index in [2.05, 4.69) is 10.6 Å². The smallest absolute Gasteiger partial charge is 0.323 e. The summed E-state index contributed by atoms with van der Waals surface area (Å²) in [6.07, 6.45) is 0. The van der Waals surface area contributed by atoms with E-state index in [1.54, 1.807) is 25.1 Å². The highest BCUT2D eigenvalue weighted by atomic mass is 35.5. The lowest BCUT2D eigenvalue weighted by Crippen LogP contribution is -2.33. The maximum Gasteiger partial charge on any atom is 0.323 e. The van der Waals surface area contributed by atoms with Gasteiger partial charge in [0.05, 0.1) is 10.7 Å². The first-order valence-corrected chi connectivity index (χ1v) is 4.90. The fourth-order valence-corrected chi connectivity index (χ4v) is 1.37. The van der Waals surface area contributed by atoms with Crippen molar-refractivity contribution in [3.8, 4) is 0 Å². The van der Waals surface area contributed by atoms with Gasteiger partial charge in [-0.05, 0) is 18.6 Å². The fraction of sp³-hybridized carbons (Fsp3) is 0.200. The van der Waals surface area contributed by atoms with Crippen molar-refractivity contribution in [2.45, 2.75) is 6.92 Å². The summed E-state index contributed by atoms with van der Waals surface area (Å²) in [5, 5.41) is 13.4. The van der Waals surface area contributed by atoms with Crippen LogP contribution in [-0.2, 0) is 4.79 Å². The molecule has 0 aliphatic carbocycles. The van der Waals surface area contributed by atoms with Crippen LogP contribution in [0, 0.1) is 6.92 Å². The second kappa shape index (κ2) is 5.37. The third kappa shape index (κ3) is 3.43. The molecule has 0 aliphatic heterocycles. The highest BCUT2D eigenvalue weighted by Gasteiger charge is 2.08. The molecule has 0 bridgehead atoms. The number of amides is 2. The van der Waals surface area contributed by atoms with Crippen molar-refractivity contribution in [1.29, 1.82) is 0 Å². The second-order valence-corrected chi connectivity index (χ2v) is 3.54. The molecule has 16 heavy (non-hydrogen) atoms. The molecule has 0 heterocycles. The van der Waals surface area contributed by atoms with Crippen LogP contribution in [0.2, 0.25) is 5.02 Å². The molecule has 3 N–H and O–H groups in total. The number of nitrogens with one attached hydrogen (secondary N) is 2. The number of hydrogen-bond donors (Lipinski definition) is 3. The minimum Gasteiger partial charge on any atom is -0.480 e. The first-order chi connectivity index (χ1) is 7.50. The van der Waals surface area contributed by atoms with Crippen molar-refractivity contribution < 1.29 is 14.7 Å². The molecule has 0 radical (unpaired) electrons. The topological polar surface area (TPSA) is 78.4 Å². The molecule has 0 saturated carbocycles. The Morgan fingerprint density at radius 1 is 1.44 bits per heavy atom. The highest BCUT2D eigenvalue weighted by molar-refractivity contribution is 6.33. The summed E-state index contributed by atoms with van der Waals surface area (Å²) in [7, 11) is 0. The molecule has 1 aromatic rings. The van der Waals surface area contributed by atoms with E-state index in [-0.39, 0.29) is 0 Å². The Labute approximate surface area is 97.4 Å². The van der Waals surface area contributed by atoms with Crippen LogP contribution in [0.25, 0.3) is 0 Å². The molecule has 0 atom stereocenters. The molecule has 2 amide bonds. The Morgan fingerprint density at radius 2 is 2.12 bits per heavy atom. The number of anilines is 1. The van der Waals surface area contributed by atoms with Crippen LogP contribution < -0.4 is 10.6 Å². The van der Waals surface area contributed by atoms with E-state index in [1.807, 2.05) is 0 Å². The monoisotopic (exact) mass is 242 g/mol. The normalized spacial score (nSPS) is 9.62. The average Bonchev–Trinajstić information content (AvgIpc) is 2.21. The van der Waals surface area contributed by atoms with E-state index in [9.17, 15) is 9.59 Å². The van der Waals surface area contributed by atoms with Gasteiger partial charge in [0.25, 0.3) is 0 Å². The summed E-state index contributed by atoms with van der Waals surface area (Å²) < 4.78 is 0. The second-order valence-electron chi connectivity index (χ2n) is 3.13. The van der Waals surface area contributed by atoms with E-state index in [1.165, 1.54) is 0 Å². The van der Waals surface area contributed by atoms with Gasteiger partial charge in [-0.15, -0.1) is 0 Å². The number of urea groups is 1. The minimum atomic E-state index is -1.11. The molecular weight excluding hydrogens is 232 g/mol. The van der Waals surface area contributed by atoms with Crippen molar-refractivity contribution in [2.75, 3.05) is 11.9 Å². The number of rotatable bonds is 3. The van der Waals surface area contributed by atoms with Gasteiger partial charge < -0.3 is 15.7 Å². The van der Waals surface area contributed by atoms with Gasteiger partial charge in [0, 0.05) is 0 Å². The van der Waals surface area contributed by atoms with Crippen molar-refractivity contribution in [3.63, 3.8) is 0 Å². The van der Waals surface area contributed by atoms with Gasteiger partial charge in [0.2, 0.25) is 0 Å². The number of carboxylic acids is 1. The first kappa shape index (κ1) is 12.3. The van der Waals surface area contributed by atoms with E-state index in [4.69, 9.17) is 16.7 Å². The predicted octanol–water partition coefficient (Wildman–Crippen LogP) is 1.85. The number of aryl methyl sites for hydroxylation is 1. The average molecular weight is 243 g/mol. The van der Waals surface area contributed by atoms with Crippen molar-refractivity contribution in [1.82, 2.24) is 5.32 Å². The summed E-state index contributed by atoms with van der Waals surface area (Å²) in [4.78, 5) is 21.5.